The lowest BCUT2D eigenvalue weighted by Gasteiger charge is -2.25. The van der Waals surface area contributed by atoms with Crippen molar-refractivity contribution >= 4 is 24.4 Å². The summed E-state index contributed by atoms with van der Waals surface area (Å²) in [5, 5.41) is 0. The lowest BCUT2D eigenvalue weighted by Crippen LogP contribution is -2.39. The number of benzene rings is 1. The zero-order chi connectivity index (χ0) is 28.1. The summed E-state index contributed by atoms with van der Waals surface area (Å²) in [6.07, 6.45) is 0.297. The van der Waals surface area contributed by atoms with E-state index in [4.69, 9.17) is 38.9 Å². The second-order valence-electron chi connectivity index (χ2n) is 8.75. The fraction of sp³-hybridized carbons (Fsp3) is 0.615. The molecule has 1 fully saturated rings. The molecule has 3 atom stereocenters. The number of rotatable bonds is 11. The van der Waals surface area contributed by atoms with Gasteiger partial charge in [-0.25, -0.2) is 14.4 Å². The normalized spacial score (nSPS) is 15.8. The van der Waals surface area contributed by atoms with E-state index < -0.39 is 42.7 Å². The van der Waals surface area contributed by atoms with Gasteiger partial charge in [-0.15, -0.1) is 0 Å². The van der Waals surface area contributed by atoms with Crippen molar-refractivity contribution in [3.63, 3.8) is 0 Å². The van der Waals surface area contributed by atoms with Gasteiger partial charge in [-0.1, -0.05) is 12.5 Å². The molecule has 0 bridgehead atoms. The van der Waals surface area contributed by atoms with Crippen LogP contribution in [0.25, 0.3) is 0 Å². The third-order valence-corrected chi connectivity index (χ3v) is 5.74. The monoisotopic (exact) mass is 539 g/mol. The van der Waals surface area contributed by atoms with Gasteiger partial charge in [0.25, 0.3) is 0 Å². The van der Waals surface area contributed by atoms with Gasteiger partial charge in [0, 0.05) is 0 Å². The molecule has 38 heavy (non-hydrogen) atoms. The maximum atomic E-state index is 12.6. The maximum absolute atomic E-state index is 12.6. The first-order chi connectivity index (χ1) is 18.1. The Morgan fingerprint density at radius 1 is 0.842 bits per heavy atom. The SMILES string of the molecule is CCOC(=O)Oc1ccc(C[C@H](N)C(=O)O[C@@H](C)[C@H](C)OC(=O)OC2CCCCC2)cc1OC(=O)OCC. The molecule has 12 heteroatoms. The Morgan fingerprint density at radius 3 is 2.03 bits per heavy atom. The molecule has 0 amide bonds. The van der Waals surface area contributed by atoms with Gasteiger partial charge < -0.3 is 38.9 Å². The van der Waals surface area contributed by atoms with Crippen LogP contribution in [0.15, 0.2) is 18.2 Å². The minimum Gasteiger partial charge on any atom is -0.458 e. The van der Waals surface area contributed by atoms with Crippen molar-refractivity contribution in [1.29, 1.82) is 0 Å². The first-order valence-corrected chi connectivity index (χ1v) is 12.8. The van der Waals surface area contributed by atoms with E-state index >= 15 is 0 Å². The number of ether oxygens (including phenoxy) is 7. The van der Waals surface area contributed by atoms with Gasteiger partial charge in [0.15, 0.2) is 11.5 Å². The Hall–Kier alpha value is -3.54. The van der Waals surface area contributed by atoms with Crippen molar-refractivity contribution in [3.05, 3.63) is 23.8 Å². The van der Waals surface area contributed by atoms with Crippen molar-refractivity contribution in [2.45, 2.75) is 90.6 Å². The van der Waals surface area contributed by atoms with Crippen LogP contribution in [0, 0.1) is 0 Å². The second kappa shape index (κ2) is 15.7. The third-order valence-electron chi connectivity index (χ3n) is 5.74. The molecule has 1 aromatic carbocycles. The first-order valence-electron chi connectivity index (χ1n) is 12.8. The predicted molar refractivity (Wildman–Crippen MR) is 133 cm³/mol. The topological polar surface area (TPSA) is 159 Å². The zero-order valence-corrected chi connectivity index (χ0v) is 22.3. The zero-order valence-electron chi connectivity index (χ0n) is 22.3. The molecular formula is C26H37NO11. The maximum Gasteiger partial charge on any atom is 0.513 e. The van der Waals surface area contributed by atoms with Crippen LogP contribution in [-0.4, -0.2) is 62.0 Å². The molecular weight excluding hydrogens is 502 g/mol. The van der Waals surface area contributed by atoms with Crippen molar-refractivity contribution in [2.24, 2.45) is 5.73 Å². The van der Waals surface area contributed by atoms with Crippen molar-refractivity contribution < 1.29 is 52.3 Å². The molecule has 1 aromatic rings. The van der Waals surface area contributed by atoms with Crippen LogP contribution in [0.1, 0.15) is 65.4 Å². The Kier molecular flexibility index (Phi) is 12.6. The molecule has 1 aliphatic carbocycles. The van der Waals surface area contributed by atoms with E-state index in [1.807, 2.05) is 0 Å². The lowest BCUT2D eigenvalue weighted by atomic mass is 9.98. The summed E-state index contributed by atoms with van der Waals surface area (Å²) in [7, 11) is 0. The number of esters is 1. The van der Waals surface area contributed by atoms with Crippen molar-refractivity contribution in [1.82, 2.24) is 0 Å². The average Bonchev–Trinajstić information content (AvgIpc) is 2.86. The average molecular weight is 540 g/mol. The minimum atomic E-state index is -1.09. The lowest BCUT2D eigenvalue weighted by molar-refractivity contribution is -0.155. The van der Waals surface area contributed by atoms with Crippen LogP contribution in [0.2, 0.25) is 0 Å². The molecule has 212 valence electrons. The van der Waals surface area contributed by atoms with Gasteiger partial charge in [0.2, 0.25) is 0 Å². The smallest absolute Gasteiger partial charge is 0.458 e. The molecule has 2 rings (SSSR count). The van der Waals surface area contributed by atoms with Crippen LogP contribution in [0.5, 0.6) is 11.5 Å². The standard InChI is InChI=1S/C26H37NO11/c1-5-32-24(29)37-21-13-12-18(15-22(21)38-25(30)33-6-2)14-20(27)23(28)34-16(3)17(4)35-26(31)36-19-10-8-7-9-11-19/h12-13,15-17,19-20H,5-11,14,27H2,1-4H3/t16-,17-,20-/m0/s1. The van der Waals surface area contributed by atoms with Crippen molar-refractivity contribution in [2.75, 3.05) is 13.2 Å². The molecule has 0 unspecified atom stereocenters. The number of hydrogen-bond donors (Lipinski definition) is 1. The van der Waals surface area contributed by atoms with Crippen LogP contribution in [0.4, 0.5) is 14.4 Å². The molecule has 1 saturated carbocycles. The number of carbonyl (C=O) groups is 4. The Labute approximate surface area is 222 Å². The highest BCUT2D eigenvalue weighted by atomic mass is 16.8. The fourth-order valence-corrected chi connectivity index (χ4v) is 3.62. The summed E-state index contributed by atoms with van der Waals surface area (Å²) < 4.78 is 35.7. The molecule has 0 aliphatic heterocycles. The summed E-state index contributed by atoms with van der Waals surface area (Å²) in [5.74, 6) is -0.939. The van der Waals surface area contributed by atoms with Crippen LogP contribution < -0.4 is 15.2 Å². The van der Waals surface area contributed by atoms with E-state index in [0.29, 0.717) is 5.56 Å². The van der Waals surface area contributed by atoms with E-state index in [1.54, 1.807) is 27.7 Å². The van der Waals surface area contributed by atoms with Crippen LogP contribution in [0.3, 0.4) is 0 Å². The molecule has 12 nitrogen and oxygen atoms in total. The summed E-state index contributed by atoms with van der Waals surface area (Å²) in [4.78, 5) is 48.2. The Morgan fingerprint density at radius 2 is 1.42 bits per heavy atom. The Bertz CT molecular complexity index is 945. The first kappa shape index (κ1) is 30.7. The molecule has 2 N–H and O–H groups in total. The molecule has 0 heterocycles. The molecule has 0 radical (unpaired) electrons. The van der Waals surface area contributed by atoms with E-state index in [-0.39, 0.29) is 37.2 Å². The van der Waals surface area contributed by atoms with E-state index in [9.17, 15) is 19.2 Å². The quantitative estimate of drug-likeness (QED) is 0.240. The molecule has 0 saturated heterocycles. The second-order valence-corrected chi connectivity index (χ2v) is 8.75. The van der Waals surface area contributed by atoms with Crippen LogP contribution in [-0.2, 0) is 34.9 Å². The highest BCUT2D eigenvalue weighted by molar-refractivity contribution is 5.76. The molecule has 1 aliphatic rings. The highest BCUT2D eigenvalue weighted by Crippen LogP contribution is 2.30. The van der Waals surface area contributed by atoms with E-state index in [1.165, 1.54) is 18.2 Å². The fourth-order valence-electron chi connectivity index (χ4n) is 3.62. The third kappa shape index (κ3) is 10.4. The van der Waals surface area contributed by atoms with Gasteiger partial charge in [0.05, 0.1) is 13.2 Å². The van der Waals surface area contributed by atoms with E-state index in [0.717, 1.165) is 32.1 Å². The van der Waals surface area contributed by atoms with Gasteiger partial charge in [-0.05, 0) is 77.5 Å². The number of hydrogen-bond acceptors (Lipinski definition) is 12. The number of nitrogens with two attached hydrogens (primary N) is 1. The summed E-state index contributed by atoms with van der Waals surface area (Å²) in [6.45, 7) is 6.54. The van der Waals surface area contributed by atoms with Crippen LogP contribution >= 0.6 is 0 Å². The molecule has 0 spiro atoms. The van der Waals surface area contributed by atoms with Gasteiger partial charge >= 0.3 is 24.4 Å². The largest absolute Gasteiger partial charge is 0.513 e. The minimum absolute atomic E-state index is 0.00336. The van der Waals surface area contributed by atoms with Gasteiger partial charge in [0.1, 0.15) is 24.4 Å². The summed E-state index contributed by atoms with van der Waals surface area (Å²) in [6, 6.07) is 3.20. The van der Waals surface area contributed by atoms with Gasteiger partial charge in [-0.2, -0.15) is 0 Å². The Balaban J connectivity index is 1.95. The number of carbonyl (C=O) groups excluding carboxylic acids is 4. The highest BCUT2D eigenvalue weighted by Gasteiger charge is 2.27. The predicted octanol–water partition coefficient (Wildman–Crippen LogP) is 4.43. The van der Waals surface area contributed by atoms with E-state index in [2.05, 4.69) is 0 Å². The molecule has 0 aromatic heterocycles. The van der Waals surface area contributed by atoms with Crippen molar-refractivity contribution in [3.8, 4) is 11.5 Å². The van der Waals surface area contributed by atoms with Gasteiger partial charge in [-0.3, -0.25) is 4.79 Å². The summed E-state index contributed by atoms with van der Waals surface area (Å²) in [5.41, 5.74) is 6.52. The summed E-state index contributed by atoms with van der Waals surface area (Å²) >= 11 is 0.